The van der Waals surface area contributed by atoms with E-state index < -0.39 is 0 Å². The molecule has 0 saturated carbocycles. The van der Waals surface area contributed by atoms with Gasteiger partial charge in [-0.1, -0.05) is 13.8 Å². The lowest BCUT2D eigenvalue weighted by Gasteiger charge is -2.19. The number of carbonyl (C=O) groups is 1. The molecule has 1 atom stereocenters. The average Bonchev–Trinajstić information content (AvgIpc) is 2.16. The van der Waals surface area contributed by atoms with Crippen LogP contribution in [-0.4, -0.2) is 44.5 Å². The topological polar surface area (TPSA) is 58.4 Å². The van der Waals surface area contributed by atoms with Crippen LogP contribution in [0.5, 0.6) is 0 Å². The zero-order valence-corrected chi connectivity index (χ0v) is 10.4. The fraction of sp³-hybridized carbons (Fsp3) is 0.909. The summed E-state index contributed by atoms with van der Waals surface area (Å²) in [6.07, 6.45) is 0.558. The third-order valence-electron chi connectivity index (χ3n) is 2.67. The number of amides is 1. The maximum absolute atomic E-state index is 11.3. The van der Waals surface area contributed by atoms with Crippen molar-refractivity contribution in [2.75, 3.05) is 33.7 Å². The van der Waals surface area contributed by atoms with Crippen LogP contribution in [-0.2, 0) is 4.79 Å². The molecule has 4 nitrogen and oxygen atoms in total. The van der Waals surface area contributed by atoms with Gasteiger partial charge in [-0.05, 0) is 24.9 Å². The molecular formula is C11H25N3O. The molecule has 0 bridgehead atoms. The van der Waals surface area contributed by atoms with E-state index in [-0.39, 0.29) is 5.91 Å². The van der Waals surface area contributed by atoms with Crippen LogP contribution in [0.3, 0.4) is 0 Å². The first-order valence-electron chi connectivity index (χ1n) is 5.60. The maximum Gasteiger partial charge on any atom is 0.223 e. The zero-order chi connectivity index (χ0) is 11.8. The van der Waals surface area contributed by atoms with Crippen molar-refractivity contribution >= 4 is 5.91 Å². The van der Waals surface area contributed by atoms with Gasteiger partial charge in [-0.25, -0.2) is 0 Å². The predicted octanol–water partition coefficient (Wildman–Crippen LogP) is 0.285. The van der Waals surface area contributed by atoms with Crippen molar-refractivity contribution in [2.24, 2.45) is 17.6 Å². The highest BCUT2D eigenvalue weighted by Crippen LogP contribution is 2.07. The Hall–Kier alpha value is -0.610. The molecule has 0 saturated heterocycles. The van der Waals surface area contributed by atoms with Crippen molar-refractivity contribution < 1.29 is 4.79 Å². The van der Waals surface area contributed by atoms with Gasteiger partial charge in [0.1, 0.15) is 0 Å². The van der Waals surface area contributed by atoms with Crippen LogP contribution in [0.25, 0.3) is 0 Å². The molecule has 0 radical (unpaired) electrons. The van der Waals surface area contributed by atoms with Gasteiger partial charge in [-0.3, -0.25) is 4.79 Å². The van der Waals surface area contributed by atoms with Crippen molar-refractivity contribution in [1.29, 1.82) is 0 Å². The van der Waals surface area contributed by atoms with E-state index in [1.165, 1.54) is 0 Å². The lowest BCUT2D eigenvalue weighted by atomic mass is 9.96. The largest absolute Gasteiger partial charge is 0.349 e. The van der Waals surface area contributed by atoms with Crippen LogP contribution in [0.15, 0.2) is 0 Å². The molecule has 0 fully saturated rings. The number of nitrogens with zero attached hydrogens (tertiary/aromatic N) is 1. The normalized spacial score (nSPS) is 12.9. The average molecular weight is 215 g/mol. The summed E-state index contributed by atoms with van der Waals surface area (Å²) < 4.78 is 0. The predicted molar refractivity (Wildman–Crippen MR) is 63.6 cm³/mol. The minimum Gasteiger partial charge on any atom is -0.349 e. The van der Waals surface area contributed by atoms with Crippen molar-refractivity contribution in [2.45, 2.75) is 20.3 Å². The minimum absolute atomic E-state index is 0.163. The van der Waals surface area contributed by atoms with Crippen molar-refractivity contribution in [3.8, 4) is 0 Å². The number of hydrogen-bond donors (Lipinski definition) is 2. The highest BCUT2D eigenvalue weighted by atomic mass is 16.2. The molecule has 0 aromatic rings. The van der Waals surface area contributed by atoms with E-state index in [0.29, 0.717) is 24.8 Å². The first-order valence-corrected chi connectivity index (χ1v) is 5.60. The highest BCUT2D eigenvalue weighted by Gasteiger charge is 2.10. The molecule has 0 aromatic heterocycles. The standard InChI is InChI=1S/C11H25N3O/c1-9(2)10(7-12)8-13-6-5-11(15)14(3)4/h9-10,13H,5-8,12H2,1-4H3. The van der Waals surface area contributed by atoms with E-state index in [1.807, 2.05) is 0 Å². The molecule has 0 heterocycles. The summed E-state index contributed by atoms with van der Waals surface area (Å²) in [7, 11) is 3.55. The van der Waals surface area contributed by atoms with E-state index in [9.17, 15) is 4.79 Å². The van der Waals surface area contributed by atoms with Crippen LogP contribution in [0.1, 0.15) is 20.3 Å². The zero-order valence-electron chi connectivity index (χ0n) is 10.4. The fourth-order valence-electron chi connectivity index (χ4n) is 1.30. The Morgan fingerprint density at radius 1 is 1.40 bits per heavy atom. The van der Waals surface area contributed by atoms with Gasteiger partial charge in [0.15, 0.2) is 0 Å². The lowest BCUT2D eigenvalue weighted by Crippen LogP contribution is -2.34. The molecular weight excluding hydrogens is 190 g/mol. The second kappa shape index (κ2) is 7.65. The molecule has 0 rings (SSSR count). The van der Waals surface area contributed by atoms with E-state index in [0.717, 1.165) is 13.1 Å². The van der Waals surface area contributed by atoms with E-state index >= 15 is 0 Å². The molecule has 4 heteroatoms. The Balaban J connectivity index is 3.57. The van der Waals surface area contributed by atoms with Crippen LogP contribution >= 0.6 is 0 Å². The third kappa shape index (κ3) is 6.47. The van der Waals surface area contributed by atoms with Crippen molar-refractivity contribution in [1.82, 2.24) is 10.2 Å². The number of hydrogen-bond acceptors (Lipinski definition) is 3. The molecule has 1 amide bonds. The third-order valence-corrected chi connectivity index (χ3v) is 2.67. The second-order valence-electron chi connectivity index (χ2n) is 4.48. The van der Waals surface area contributed by atoms with Gasteiger partial charge in [0.25, 0.3) is 0 Å². The highest BCUT2D eigenvalue weighted by molar-refractivity contribution is 5.75. The summed E-state index contributed by atoms with van der Waals surface area (Å²) in [4.78, 5) is 12.9. The summed E-state index contributed by atoms with van der Waals surface area (Å²) in [5.74, 6) is 1.25. The first kappa shape index (κ1) is 14.4. The van der Waals surface area contributed by atoms with Gasteiger partial charge in [-0.15, -0.1) is 0 Å². The summed E-state index contributed by atoms with van der Waals surface area (Å²) >= 11 is 0. The molecule has 0 aromatic carbocycles. The van der Waals surface area contributed by atoms with Crippen molar-refractivity contribution in [3.05, 3.63) is 0 Å². The number of nitrogens with one attached hydrogen (secondary N) is 1. The SMILES string of the molecule is CC(C)C(CN)CNCCC(=O)N(C)C. The Bertz CT molecular complexity index is 181. The minimum atomic E-state index is 0.163. The molecule has 15 heavy (non-hydrogen) atoms. The molecule has 0 spiro atoms. The van der Waals surface area contributed by atoms with Crippen LogP contribution in [0.2, 0.25) is 0 Å². The summed E-state index contributed by atoms with van der Waals surface area (Å²) in [6, 6.07) is 0. The van der Waals surface area contributed by atoms with Crippen LogP contribution in [0, 0.1) is 11.8 Å². The van der Waals surface area contributed by atoms with Gasteiger partial charge < -0.3 is 16.0 Å². The van der Waals surface area contributed by atoms with Gasteiger partial charge in [-0.2, -0.15) is 0 Å². The molecule has 0 aliphatic heterocycles. The Kier molecular flexibility index (Phi) is 7.34. The van der Waals surface area contributed by atoms with Crippen molar-refractivity contribution in [3.63, 3.8) is 0 Å². The lowest BCUT2D eigenvalue weighted by molar-refractivity contribution is -0.128. The number of carbonyl (C=O) groups excluding carboxylic acids is 1. The quantitative estimate of drug-likeness (QED) is 0.600. The fourth-order valence-corrected chi connectivity index (χ4v) is 1.30. The first-order chi connectivity index (χ1) is 6.99. The summed E-state index contributed by atoms with van der Waals surface area (Å²) in [5, 5.41) is 3.28. The summed E-state index contributed by atoms with van der Waals surface area (Å²) in [5.41, 5.74) is 5.65. The molecule has 3 N–H and O–H groups in total. The van der Waals surface area contributed by atoms with Gasteiger partial charge in [0, 0.05) is 27.1 Å². The van der Waals surface area contributed by atoms with Gasteiger partial charge in [0.2, 0.25) is 5.91 Å². The van der Waals surface area contributed by atoms with Crippen LogP contribution < -0.4 is 11.1 Å². The number of rotatable bonds is 7. The van der Waals surface area contributed by atoms with Crippen LogP contribution in [0.4, 0.5) is 0 Å². The van der Waals surface area contributed by atoms with E-state index in [2.05, 4.69) is 19.2 Å². The Morgan fingerprint density at radius 2 is 2.00 bits per heavy atom. The Labute approximate surface area is 93.2 Å². The van der Waals surface area contributed by atoms with Gasteiger partial charge in [0.05, 0.1) is 0 Å². The van der Waals surface area contributed by atoms with Gasteiger partial charge >= 0.3 is 0 Å². The smallest absolute Gasteiger partial charge is 0.223 e. The molecule has 90 valence electrons. The van der Waals surface area contributed by atoms with E-state index in [1.54, 1.807) is 19.0 Å². The maximum atomic E-state index is 11.3. The summed E-state index contributed by atoms with van der Waals surface area (Å²) in [6.45, 7) is 6.68. The molecule has 0 aliphatic carbocycles. The monoisotopic (exact) mass is 215 g/mol. The van der Waals surface area contributed by atoms with E-state index in [4.69, 9.17) is 5.73 Å². The second-order valence-corrected chi connectivity index (χ2v) is 4.48. The Morgan fingerprint density at radius 3 is 2.40 bits per heavy atom. The molecule has 1 unspecified atom stereocenters. The molecule has 0 aliphatic rings. The number of nitrogens with two attached hydrogens (primary N) is 1.